The minimum absolute atomic E-state index is 0.0273. The Morgan fingerprint density at radius 3 is 2.40 bits per heavy atom. The van der Waals surface area contributed by atoms with E-state index in [1.54, 1.807) is 4.90 Å². The smallest absolute Gasteiger partial charge is 0.254 e. The highest BCUT2D eigenvalue weighted by molar-refractivity contribution is 5.95. The number of carbonyl (C=O) groups is 1. The monoisotopic (exact) mass is 276 g/mol. The van der Waals surface area contributed by atoms with E-state index in [9.17, 15) is 4.79 Å². The molecule has 20 heavy (non-hydrogen) atoms. The Morgan fingerprint density at radius 2 is 1.90 bits per heavy atom. The quantitative estimate of drug-likeness (QED) is 0.829. The number of aliphatic hydroxyl groups is 1. The number of carbonyl (C=O) groups excluding carboxylic acids is 1. The van der Waals surface area contributed by atoms with E-state index in [1.807, 2.05) is 24.3 Å². The Labute approximate surface area is 121 Å². The van der Waals surface area contributed by atoms with Crippen LogP contribution in [-0.4, -0.2) is 48.7 Å². The zero-order valence-electron chi connectivity index (χ0n) is 12.4. The molecule has 0 saturated heterocycles. The maximum absolute atomic E-state index is 12.4. The van der Waals surface area contributed by atoms with Crippen LogP contribution in [0.15, 0.2) is 24.3 Å². The molecule has 0 bridgehead atoms. The molecule has 110 valence electrons. The Kier molecular flexibility index (Phi) is 5.01. The van der Waals surface area contributed by atoms with E-state index in [0.717, 1.165) is 31.5 Å². The molecule has 0 aromatic heterocycles. The van der Waals surface area contributed by atoms with E-state index in [2.05, 4.69) is 18.9 Å². The Balaban J connectivity index is 2.06. The summed E-state index contributed by atoms with van der Waals surface area (Å²) in [4.78, 5) is 16.4. The van der Waals surface area contributed by atoms with Crippen molar-refractivity contribution in [2.24, 2.45) is 0 Å². The highest BCUT2D eigenvalue weighted by Gasteiger charge is 2.32. The molecule has 0 spiro atoms. The van der Waals surface area contributed by atoms with E-state index >= 15 is 0 Å². The standard InChI is InChI=1S/C16H24N2O2/c1-3-10-17(2)14-6-4-13(5-7-14)16(20)18(11-12-19)15-8-9-15/h4-7,15,19H,3,8-12H2,1-2H3. The second-order valence-electron chi connectivity index (χ2n) is 5.42. The molecule has 1 aliphatic carbocycles. The van der Waals surface area contributed by atoms with Gasteiger partial charge in [0.15, 0.2) is 0 Å². The second-order valence-corrected chi connectivity index (χ2v) is 5.42. The number of amides is 1. The van der Waals surface area contributed by atoms with Gasteiger partial charge >= 0.3 is 0 Å². The zero-order valence-corrected chi connectivity index (χ0v) is 12.4. The van der Waals surface area contributed by atoms with Crippen LogP contribution in [-0.2, 0) is 0 Å². The van der Waals surface area contributed by atoms with Gasteiger partial charge in [-0.2, -0.15) is 0 Å². The van der Waals surface area contributed by atoms with Gasteiger partial charge in [-0.05, 0) is 43.5 Å². The van der Waals surface area contributed by atoms with Gasteiger partial charge in [-0.25, -0.2) is 0 Å². The molecule has 1 amide bonds. The molecule has 4 heteroatoms. The molecule has 2 rings (SSSR count). The highest BCUT2D eigenvalue weighted by atomic mass is 16.3. The van der Waals surface area contributed by atoms with Crippen LogP contribution in [0.25, 0.3) is 0 Å². The minimum atomic E-state index is 0.0273. The van der Waals surface area contributed by atoms with Gasteiger partial charge < -0.3 is 14.9 Å². The molecule has 4 nitrogen and oxygen atoms in total. The summed E-state index contributed by atoms with van der Waals surface area (Å²) in [5.74, 6) is 0.0336. The van der Waals surface area contributed by atoms with Gasteiger partial charge in [0.05, 0.1) is 6.61 Å². The number of nitrogens with zero attached hydrogens (tertiary/aromatic N) is 2. The molecule has 1 N–H and O–H groups in total. The molecule has 0 atom stereocenters. The van der Waals surface area contributed by atoms with Gasteiger partial charge in [0, 0.05) is 37.4 Å². The van der Waals surface area contributed by atoms with Gasteiger partial charge in [-0.15, -0.1) is 0 Å². The van der Waals surface area contributed by atoms with Gasteiger partial charge in [-0.3, -0.25) is 4.79 Å². The van der Waals surface area contributed by atoms with E-state index in [-0.39, 0.29) is 12.5 Å². The lowest BCUT2D eigenvalue weighted by Gasteiger charge is -2.22. The van der Waals surface area contributed by atoms with Gasteiger partial charge in [0.25, 0.3) is 5.91 Å². The molecule has 1 aliphatic rings. The number of hydrogen-bond acceptors (Lipinski definition) is 3. The fraction of sp³-hybridized carbons (Fsp3) is 0.562. The van der Waals surface area contributed by atoms with Crippen molar-refractivity contribution in [1.82, 2.24) is 4.90 Å². The summed E-state index contributed by atoms with van der Waals surface area (Å²) < 4.78 is 0. The number of hydrogen-bond donors (Lipinski definition) is 1. The first-order chi connectivity index (χ1) is 9.67. The molecule has 0 heterocycles. The second kappa shape index (κ2) is 6.75. The predicted octanol–water partition coefficient (Wildman–Crippen LogP) is 2.13. The van der Waals surface area contributed by atoms with E-state index in [4.69, 9.17) is 5.11 Å². The van der Waals surface area contributed by atoms with Crippen LogP contribution >= 0.6 is 0 Å². The molecule has 1 aromatic carbocycles. The van der Waals surface area contributed by atoms with E-state index in [1.165, 1.54) is 0 Å². The lowest BCUT2D eigenvalue weighted by atomic mass is 10.1. The maximum atomic E-state index is 12.4. The zero-order chi connectivity index (χ0) is 14.5. The topological polar surface area (TPSA) is 43.8 Å². The average molecular weight is 276 g/mol. The van der Waals surface area contributed by atoms with Gasteiger partial charge in [0.1, 0.15) is 0 Å². The van der Waals surface area contributed by atoms with Crippen molar-refractivity contribution in [1.29, 1.82) is 0 Å². The van der Waals surface area contributed by atoms with Crippen LogP contribution < -0.4 is 4.90 Å². The van der Waals surface area contributed by atoms with Crippen LogP contribution in [0.3, 0.4) is 0 Å². The van der Waals surface area contributed by atoms with Gasteiger partial charge in [0.2, 0.25) is 0 Å². The number of rotatable bonds is 7. The van der Waals surface area contributed by atoms with E-state index < -0.39 is 0 Å². The van der Waals surface area contributed by atoms with Gasteiger partial charge in [-0.1, -0.05) is 6.92 Å². The Morgan fingerprint density at radius 1 is 1.25 bits per heavy atom. The predicted molar refractivity (Wildman–Crippen MR) is 81.1 cm³/mol. The average Bonchev–Trinajstić information content (AvgIpc) is 3.29. The summed E-state index contributed by atoms with van der Waals surface area (Å²) in [6.07, 6.45) is 3.22. The van der Waals surface area contributed by atoms with E-state index in [0.29, 0.717) is 18.2 Å². The van der Waals surface area contributed by atoms with Crippen LogP contribution in [0, 0.1) is 0 Å². The third-order valence-corrected chi connectivity index (χ3v) is 3.70. The lowest BCUT2D eigenvalue weighted by molar-refractivity contribution is 0.0707. The molecule has 1 aromatic rings. The van der Waals surface area contributed by atoms with Crippen molar-refractivity contribution in [3.05, 3.63) is 29.8 Å². The largest absolute Gasteiger partial charge is 0.395 e. The van der Waals surface area contributed by atoms with Crippen molar-refractivity contribution in [3.63, 3.8) is 0 Å². The van der Waals surface area contributed by atoms with Crippen LogP contribution in [0.5, 0.6) is 0 Å². The highest BCUT2D eigenvalue weighted by Crippen LogP contribution is 2.28. The molecular formula is C16H24N2O2. The normalized spacial score (nSPS) is 14.2. The first-order valence-corrected chi connectivity index (χ1v) is 7.40. The summed E-state index contributed by atoms with van der Waals surface area (Å²) >= 11 is 0. The maximum Gasteiger partial charge on any atom is 0.254 e. The van der Waals surface area contributed by atoms with Crippen LogP contribution in [0.1, 0.15) is 36.5 Å². The third kappa shape index (κ3) is 3.51. The third-order valence-electron chi connectivity index (χ3n) is 3.70. The Hall–Kier alpha value is -1.55. The molecule has 0 radical (unpaired) electrons. The summed E-state index contributed by atoms with van der Waals surface area (Å²) in [6, 6.07) is 8.09. The number of aliphatic hydroxyl groups excluding tert-OH is 1. The fourth-order valence-electron chi connectivity index (χ4n) is 2.43. The van der Waals surface area contributed by atoms with Crippen LogP contribution in [0.4, 0.5) is 5.69 Å². The summed E-state index contributed by atoms with van der Waals surface area (Å²) in [5.41, 5.74) is 1.84. The first kappa shape index (κ1) is 14.9. The SMILES string of the molecule is CCCN(C)c1ccc(C(=O)N(CCO)C2CC2)cc1. The lowest BCUT2D eigenvalue weighted by Crippen LogP contribution is -2.35. The van der Waals surface area contributed by atoms with Crippen molar-refractivity contribution in [2.75, 3.05) is 31.6 Å². The van der Waals surface area contributed by atoms with Crippen molar-refractivity contribution < 1.29 is 9.90 Å². The summed E-state index contributed by atoms with van der Waals surface area (Å²) in [6.45, 7) is 3.61. The van der Waals surface area contributed by atoms with Crippen molar-refractivity contribution in [2.45, 2.75) is 32.2 Å². The first-order valence-electron chi connectivity index (χ1n) is 7.40. The molecule has 1 saturated carbocycles. The number of anilines is 1. The minimum Gasteiger partial charge on any atom is -0.395 e. The number of benzene rings is 1. The van der Waals surface area contributed by atoms with Crippen LogP contribution in [0.2, 0.25) is 0 Å². The molecule has 0 unspecified atom stereocenters. The molecular weight excluding hydrogens is 252 g/mol. The summed E-state index contributed by atoms with van der Waals surface area (Å²) in [7, 11) is 2.06. The Bertz CT molecular complexity index is 440. The fourth-order valence-corrected chi connectivity index (χ4v) is 2.43. The van der Waals surface area contributed by atoms with Crippen molar-refractivity contribution >= 4 is 11.6 Å². The summed E-state index contributed by atoms with van der Waals surface area (Å²) in [5, 5.41) is 9.08. The van der Waals surface area contributed by atoms with Crippen molar-refractivity contribution in [3.8, 4) is 0 Å². The molecule has 0 aliphatic heterocycles. The molecule has 1 fully saturated rings.